The topological polar surface area (TPSA) is 35.5 Å². The van der Waals surface area contributed by atoms with Crippen LogP contribution in [-0.4, -0.2) is 34.5 Å². The molecule has 1 saturated heterocycles. The van der Waals surface area contributed by atoms with Crippen molar-refractivity contribution in [3.63, 3.8) is 0 Å². The number of esters is 1. The van der Waals surface area contributed by atoms with Crippen LogP contribution < -0.4 is 0 Å². The quantitative estimate of drug-likeness (QED) is 0.384. The molecule has 3 nitrogen and oxygen atoms in total. The van der Waals surface area contributed by atoms with Gasteiger partial charge in [0, 0.05) is 0 Å². The molecule has 0 amide bonds. The molecule has 1 heterocycles. The van der Waals surface area contributed by atoms with Gasteiger partial charge in [-0.15, -0.1) is 34.8 Å². The van der Waals surface area contributed by atoms with Crippen LogP contribution in [0.2, 0.25) is 0 Å². The number of carbonyl (C=O) groups is 1. The lowest BCUT2D eigenvalue weighted by Gasteiger charge is -2.38. The maximum atomic E-state index is 11.1. The van der Waals surface area contributed by atoms with Crippen molar-refractivity contribution in [1.29, 1.82) is 0 Å². The first-order valence-corrected chi connectivity index (χ1v) is 5.75. The number of ether oxygens (including phenoxy) is 2. The van der Waals surface area contributed by atoms with Gasteiger partial charge in [-0.1, -0.05) is 6.08 Å². The second kappa shape index (κ2) is 3.81. The summed E-state index contributed by atoms with van der Waals surface area (Å²) in [5.74, 6) is -1.67. The summed E-state index contributed by atoms with van der Waals surface area (Å²) in [6, 6.07) is 0. The molecule has 2 rings (SSSR count). The third-order valence-corrected chi connectivity index (χ3v) is 4.31. The van der Waals surface area contributed by atoms with Gasteiger partial charge in [-0.25, -0.2) is 4.79 Å². The molecule has 0 radical (unpaired) electrons. The van der Waals surface area contributed by atoms with Crippen molar-refractivity contribution in [2.75, 3.05) is 6.61 Å². The SMILES string of the molecule is CC1=CC(Cl)C(Cl)C(Cl)C12OCC(=O)O2. The third kappa shape index (κ3) is 1.66. The molecule has 0 saturated carbocycles. The van der Waals surface area contributed by atoms with Crippen LogP contribution in [0.3, 0.4) is 0 Å². The molecule has 4 unspecified atom stereocenters. The van der Waals surface area contributed by atoms with Gasteiger partial charge in [0.15, 0.2) is 0 Å². The molecular formula is C9H9Cl3O3. The second-order valence-corrected chi connectivity index (χ2v) is 5.05. The van der Waals surface area contributed by atoms with Crippen LogP contribution in [0.15, 0.2) is 11.6 Å². The Kier molecular flexibility index (Phi) is 2.93. The molecule has 4 atom stereocenters. The fourth-order valence-corrected chi connectivity index (χ4v) is 2.84. The van der Waals surface area contributed by atoms with Gasteiger partial charge in [0.25, 0.3) is 5.79 Å². The van der Waals surface area contributed by atoms with Crippen LogP contribution in [0.4, 0.5) is 0 Å². The van der Waals surface area contributed by atoms with Crippen molar-refractivity contribution in [2.24, 2.45) is 0 Å². The minimum atomic E-state index is -1.23. The van der Waals surface area contributed by atoms with Crippen molar-refractivity contribution in [2.45, 2.75) is 28.8 Å². The summed E-state index contributed by atoms with van der Waals surface area (Å²) in [5.41, 5.74) is 0.685. The van der Waals surface area contributed by atoms with Gasteiger partial charge in [-0.3, -0.25) is 0 Å². The number of hydrogen-bond donors (Lipinski definition) is 0. The maximum absolute atomic E-state index is 11.1. The largest absolute Gasteiger partial charge is 0.425 e. The van der Waals surface area contributed by atoms with Gasteiger partial charge in [0.05, 0.1) is 10.8 Å². The summed E-state index contributed by atoms with van der Waals surface area (Å²) < 4.78 is 10.5. The Hall–Kier alpha value is 0.0400. The van der Waals surface area contributed by atoms with E-state index in [4.69, 9.17) is 44.3 Å². The fraction of sp³-hybridized carbons (Fsp3) is 0.667. The first-order chi connectivity index (χ1) is 6.97. The first-order valence-electron chi connectivity index (χ1n) is 4.44. The van der Waals surface area contributed by atoms with E-state index in [2.05, 4.69) is 0 Å². The van der Waals surface area contributed by atoms with Gasteiger partial charge in [0.2, 0.25) is 0 Å². The lowest BCUT2D eigenvalue weighted by molar-refractivity contribution is -0.161. The summed E-state index contributed by atoms with van der Waals surface area (Å²) in [7, 11) is 0. The zero-order valence-electron chi connectivity index (χ0n) is 7.88. The number of hydrogen-bond acceptors (Lipinski definition) is 3. The summed E-state index contributed by atoms with van der Waals surface area (Å²) >= 11 is 18.1. The van der Waals surface area contributed by atoms with Crippen LogP contribution >= 0.6 is 34.8 Å². The third-order valence-electron chi connectivity index (χ3n) is 2.58. The van der Waals surface area contributed by atoms with Crippen molar-refractivity contribution >= 4 is 40.8 Å². The fourth-order valence-electron chi connectivity index (χ4n) is 1.76. The minimum absolute atomic E-state index is 0.106. The van der Waals surface area contributed by atoms with Crippen LogP contribution in [0, 0.1) is 0 Å². The molecule has 84 valence electrons. The Balaban J connectivity index is 2.39. The first kappa shape index (κ1) is 11.5. The molecule has 0 N–H and O–H groups in total. The van der Waals surface area contributed by atoms with E-state index in [9.17, 15) is 4.79 Å². The Morgan fingerprint density at radius 2 is 2.13 bits per heavy atom. The van der Waals surface area contributed by atoms with Gasteiger partial charge in [-0.2, -0.15) is 0 Å². The number of carbonyl (C=O) groups excluding carboxylic acids is 1. The lowest BCUT2D eigenvalue weighted by atomic mass is 9.92. The molecule has 1 aliphatic carbocycles. The molecule has 6 heteroatoms. The van der Waals surface area contributed by atoms with Gasteiger partial charge < -0.3 is 9.47 Å². The standard InChI is InChI=1S/C9H9Cl3O3/c1-4-2-5(10)7(11)8(12)9(4)14-3-6(13)15-9/h2,5,7-8H,3H2,1H3. The van der Waals surface area contributed by atoms with Gasteiger partial charge >= 0.3 is 5.97 Å². The summed E-state index contributed by atoms with van der Waals surface area (Å²) in [6.45, 7) is 1.65. The normalized spacial score (nSPS) is 45.5. The van der Waals surface area contributed by atoms with E-state index in [1.807, 2.05) is 0 Å². The van der Waals surface area contributed by atoms with Crippen molar-refractivity contribution < 1.29 is 14.3 Å². The molecule has 15 heavy (non-hydrogen) atoms. The summed E-state index contributed by atoms with van der Waals surface area (Å²) in [4.78, 5) is 11.1. The van der Waals surface area contributed by atoms with E-state index in [0.29, 0.717) is 5.57 Å². The number of alkyl halides is 3. The van der Waals surface area contributed by atoms with Crippen LogP contribution in [0.25, 0.3) is 0 Å². The minimum Gasteiger partial charge on any atom is -0.425 e. The van der Waals surface area contributed by atoms with Crippen LogP contribution in [0.5, 0.6) is 0 Å². The highest BCUT2D eigenvalue weighted by Gasteiger charge is 2.55. The number of halogens is 3. The second-order valence-electron chi connectivity index (χ2n) is 3.57. The highest BCUT2D eigenvalue weighted by molar-refractivity contribution is 6.36. The maximum Gasteiger partial charge on any atom is 0.335 e. The predicted molar refractivity (Wildman–Crippen MR) is 57.5 cm³/mol. The van der Waals surface area contributed by atoms with Crippen molar-refractivity contribution in [1.82, 2.24) is 0 Å². The molecule has 2 aliphatic rings. The monoisotopic (exact) mass is 270 g/mol. The van der Waals surface area contributed by atoms with Crippen LogP contribution in [-0.2, 0) is 14.3 Å². The highest BCUT2D eigenvalue weighted by atomic mass is 35.5. The van der Waals surface area contributed by atoms with E-state index >= 15 is 0 Å². The van der Waals surface area contributed by atoms with Crippen molar-refractivity contribution in [3.05, 3.63) is 11.6 Å². The smallest absolute Gasteiger partial charge is 0.335 e. The Morgan fingerprint density at radius 1 is 1.47 bits per heavy atom. The molecule has 0 aromatic heterocycles. The molecule has 0 bridgehead atoms. The number of rotatable bonds is 0. The van der Waals surface area contributed by atoms with E-state index < -0.39 is 22.5 Å². The van der Waals surface area contributed by atoms with E-state index in [1.54, 1.807) is 13.0 Å². The molecule has 1 spiro atoms. The molecule has 1 fully saturated rings. The van der Waals surface area contributed by atoms with E-state index in [-0.39, 0.29) is 12.0 Å². The summed E-state index contributed by atoms with van der Waals surface area (Å²) in [6.07, 6.45) is 1.71. The molecule has 0 aromatic carbocycles. The summed E-state index contributed by atoms with van der Waals surface area (Å²) in [5, 5.41) is -1.61. The molecular weight excluding hydrogens is 262 g/mol. The van der Waals surface area contributed by atoms with Gasteiger partial charge in [0.1, 0.15) is 12.0 Å². The Labute approximate surface area is 102 Å². The average molecular weight is 272 g/mol. The average Bonchev–Trinajstić information content (AvgIpc) is 2.57. The Bertz CT molecular complexity index is 331. The number of allylic oxidation sites excluding steroid dienone is 1. The predicted octanol–water partition coefficient (Wildman–Crippen LogP) is 2.04. The zero-order chi connectivity index (χ0) is 11.2. The molecule has 1 aliphatic heterocycles. The van der Waals surface area contributed by atoms with Crippen molar-refractivity contribution in [3.8, 4) is 0 Å². The van der Waals surface area contributed by atoms with Gasteiger partial charge in [-0.05, 0) is 12.5 Å². The Morgan fingerprint density at radius 3 is 2.67 bits per heavy atom. The lowest BCUT2D eigenvalue weighted by Crippen LogP contribution is -2.51. The zero-order valence-corrected chi connectivity index (χ0v) is 10.1. The van der Waals surface area contributed by atoms with E-state index in [1.165, 1.54) is 0 Å². The molecule has 0 aromatic rings. The van der Waals surface area contributed by atoms with E-state index in [0.717, 1.165) is 0 Å². The van der Waals surface area contributed by atoms with Crippen LogP contribution in [0.1, 0.15) is 6.92 Å². The highest BCUT2D eigenvalue weighted by Crippen LogP contribution is 2.43.